The average Bonchev–Trinajstić information content (AvgIpc) is 3.47. The molecular weight excluding hydrogens is 567 g/mol. The molecule has 0 spiro atoms. The molecule has 5 rings (SSSR count). The Labute approximate surface area is 220 Å². The Morgan fingerprint density at radius 2 is 1.75 bits per heavy atom. The topological polar surface area (TPSA) is 101 Å². The van der Waals surface area contributed by atoms with Crippen molar-refractivity contribution < 1.29 is 26.0 Å². The maximum Gasteiger partial charge on any atom is 0.250 e. The van der Waals surface area contributed by atoms with Crippen LogP contribution < -0.4 is 9.62 Å². The van der Waals surface area contributed by atoms with E-state index in [-0.39, 0.29) is 27.8 Å². The van der Waals surface area contributed by atoms with E-state index in [2.05, 4.69) is 4.72 Å². The molecule has 1 fully saturated rings. The van der Waals surface area contributed by atoms with Gasteiger partial charge in [0.1, 0.15) is 16.1 Å². The van der Waals surface area contributed by atoms with Gasteiger partial charge in [-0.1, -0.05) is 35.9 Å². The van der Waals surface area contributed by atoms with Gasteiger partial charge in [0.15, 0.2) is 9.84 Å². The first-order valence-electron chi connectivity index (χ1n) is 10.6. The lowest BCUT2D eigenvalue weighted by molar-refractivity contribution is -0.118. The lowest BCUT2D eigenvalue weighted by Gasteiger charge is -2.19. The minimum Gasteiger partial charge on any atom is -0.308 e. The summed E-state index contributed by atoms with van der Waals surface area (Å²) in [6.07, 6.45) is 1.25. The van der Waals surface area contributed by atoms with Crippen molar-refractivity contribution in [2.75, 3.05) is 17.7 Å². The van der Waals surface area contributed by atoms with E-state index in [9.17, 15) is 21.6 Å². The molecule has 1 atom stereocenters. The number of hydrogen-bond acceptors (Lipinski definition) is 7. The third-order valence-electron chi connectivity index (χ3n) is 5.76. The van der Waals surface area contributed by atoms with Crippen LogP contribution >= 0.6 is 34.3 Å². The summed E-state index contributed by atoms with van der Waals surface area (Å²) in [4.78, 5) is 14.3. The highest BCUT2D eigenvalue weighted by Crippen LogP contribution is 2.38. The zero-order valence-corrected chi connectivity index (χ0v) is 22.6. The average molecular weight is 585 g/mol. The Morgan fingerprint density at radius 1 is 1.03 bits per heavy atom. The molecule has 2 aromatic carbocycles. The van der Waals surface area contributed by atoms with Gasteiger partial charge in [-0.15, -0.1) is 22.7 Å². The largest absolute Gasteiger partial charge is 0.308 e. The number of benzene rings is 2. The summed E-state index contributed by atoms with van der Waals surface area (Å²) >= 11 is 8.29. The molecule has 1 aliphatic heterocycles. The minimum atomic E-state index is -3.96. The number of halogens is 2. The van der Waals surface area contributed by atoms with E-state index in [1.807, 2.05) is 0 Å². The fourth-order valence-corrected chi connectivity index (χ4v) is 9.21. The molecule has 36 heavy (non-hydrogen) atoms. The summed E-state index contributed by atoms with van der Waals surface area (Å²) < 4.78 is 69.7. The van der Waals surface area contributed by atoms with Gasteiger partial charge in [0.25, 0.3) is 10.0 Å². The first-order chi connectivity index (χ1) is 16.9. The normalized spacial score (nSPS) is 16.8. The summed E-state index contributed by atoms with van der Waals surface area (Å²) in [7, 11) is -7.51. The van der Waals surface area contributed by atoms with Crippen molar-refractivity contribution in [3.63, 3.8) is 0 Å². The van der Waals surface area contributed by atoms with Crippen molar-refractivity contribution in [2.24, 2.45) is 0 Å². The van der Waals surface area contributed by atoms with Gasteiger partial charge in [-0.25, -0.2) is 21.2 Å². The van der Waals surface area contributed by atoms with Crippen LogP contribution in [0.4, 0.5) is 10.1 Å². The SMILES string of the molecule is CS(=O)(=O)c1ccccc1-c1ccc(N2CC[C@H](NS(=O)(=O)c3cc4sc(Cl)cc4s3)C2=O)c(F)c1. The van der Waals surface area contributed by atoms with Crippen LogP contribution in [0.15, 0.2) is 63.7 Å². The monoisotopic (exact) mass is 584 g/mol. The van der Waals surface area contributed by atoms with Crippen LogP contribution in [0.25, 0.3) is 20.5 Å². The molecule has 0 saturated carbocycles. The number of fused-ring (bicyclic) bond motifs is 1. The lowest BCUT2D eigenvalue weighted by atomic mass is 10.0. The maximum atomic E-state index is 15.1. The zero-order valence-electron chi connectivity index (χ0n) is 18.6. The summed E-state index contributed by atoms with van der Waals surface area (Å²) in [5.74, 6) is -1.29. The number of thiophene rings is 2. The standard InChI is InChI=1S/C23H18ClFN2O5S4/c1-35(29,30)20-5-3-2-4-14(20)13-6-7-17(15(25)10-13)27-9-8-16(23(27)28)26-36(31,32)22-12-19-18(34-22)11-21(24)33-19/h2-7,10-12,16,26H,8-9H2,1H3/t16-/m0/s1. The molecule has 1 aliphatic rings. The molecule has 13 heteroatoms. The van der Waals surface area contributed by atoms with Gasteiger partial charge in [-0.05, 0) is 42.3 Å². The summed E-state index contributed by atoms with van der Waals surface area (Å²) in [5.41, 5.74) is 0.688. The Morgan fingerprint density at radius 3 is 2.44 bits per heavy atom. The molecule has 7 nitrogen and oxygen atoms in total. The number of carbonyl (C=O) groups is 1. The van der Waals surface area contributed by atoms with Crippen molar-refractivity contribution in [2.45, 2.75) is 21.6 Å². The smallest absolute Gasteiger partial charge is 0.250 e. The van der Waals surface area contributed by atoms with Crippen molar-refractivity contribution in [1.29, 1.82) is 0 Å². The van der Waals surface area contributed by atoms with Crippen LogP contribution in [0.5, 0.6) is 0 Å². The second-order valence-electron chi connectivity index (χ2n) is 8.23. The van der Waals surface area contributed by atoms with Gasteiger partial charge in [0.05, 0.1) is 14.9 Å². The molecule has 1 amide bonds. The predicted octanol–water partition coefficient (Wildman–Crippen LogP) is 4.91. The van der Waals surface area contributed by atoms with Crippen LogP contribution in [-0.4, -0.2) is 41.6 Å². The number of amides is 1. The number of carbonyl (C=O) groups excluding carboxylic acids is 1. The molecule has 0 unspecified atom stereocenters. The first-order valence-corrected chi connectivity index (χ1v) is 15.9. The Bertz CT molecular complexity index is 1700. The molecule has 3 heterocycles. The number of sulfone groups is 1. The third kappa shape index (κ3) is 4.69. The number of hydrogen-bond donors (Lipinski definition) is 1. The molecule has 188 valence electrons. The van der Waals surface area contributed by atoms with E-state index < -0.39 is 37.6 Å². The maximum absolute atomic E-state index is 15.1. The molecular formula is C23H18ClFN2O5S4. The van der Waals surface area contributed by atoms with Gasteiger partial charge >= 0.3 is 0 Å². The fraction of sp³-hybridized carbons (Fsp3) is 0.174. The molecule has 2 aromatic heterocycles. The molecule has 4 aromatic rings. The molecule has 0 bridgehead atoms. The van der Waals surface area contributed by atoms with Gasteiger partial charge < -0.3 is 4.90 Å². The highest BCUT2D eigenvalue weighted by atomic mass is 35.5. The van der Waals surface area contributed by atoms with Crippen LogP contribution in [0, 0.1) is 5.82 Å². The van der Waals surface area contributed by atoms with Crippen molar-refractivity contribution in [3.8, 4) is 11.1 Å². The highest BCUT2D eigenvalue weighted by Gasteiger charge is 2.37. The van der Waals surface area contributed by atoms with E-state index in [1.165, 1.54) is 46.6 Å². The summed E-state index contributed by atoms with van der Waals surface area (Å²) in [6, 6.07) is 12.6. The van der Waals surface area contributed by atoms with Crippen LogP contribution in [-0.2, 0) is 24.7 Å². The van der Waals surface area contributed by atoms with Gasteiger partial charge in [-0.3, -0.25) is 4.79 Å². The van der Waals surface area contributed by atoms with Gasteiger partial charge in [-0.2, -0.15) is 4.72 Å². The zero-order chi connectivity index (χ0) is 25.8. The lowest BCUT2D eigenvalue weighted by Crippen LogP contribution is -2.41. The quantitative estimate of drug-likeness (QED) is 0.347. The minimum absolute atomic E-state index is 0.00596. The first kappa shape index (κ1) is 25.3. The van der Waals surface area contributed by atoms with Crippen molar-refractivity contribution in [1.82, 2.24) is 4.72 Å². The Hall–Kier alpha value is -2.35. The van der Waals surface area contributed by atoms with E-state index >= 15 is 4.39 Å². The third-order valence-corrected chi connectivity index (χ3v) is 11.3. The number of nitrogens with one attached hydrogen (secondary N) is 1. The Kier molecular flexibility index (Phi) is 6.46. The van der Waals surface area contributed by atoms with Gasteiger partial charge in [0.2, 0.25) is 5.91 Å². The molecule has 0 aliphatic carbocycles. The predicted molar refractivity (Wildman–Crippen MR) is 141 cm³/mol. The number of rotatable bonds is 6. The van der Waals surface area contributed by atoms with E-state index in [0.717, 1.165) is 27.0 Å². The number of nitrogens with zero attached hydrogens (tertiary/aromatic N) is 1. The molecule has 0 radical (unpaired) electrons. The van der Waals surface area contributed by atoms with Crippen molar-refractivity contribution in [3.05, 3.63) is 64.8 Å². The van der Waals surface area contributed by atoms with E-state index in [0.29, 0.717) is 15.5 Å². The second kappa shape index (κ2) is 9.19. The summed E-state index contributed by atoms with van der Waals surface area (Å²) in [6.45, 7) is 0.122. The van der Waals surface area contributed by atoms with E-state index in [1.54, 1.807) is 24.3 Å². The van der Waals surface area contributed by atoms with E-state index in [4.69, 9.17) is 11.6 Å². The van der Waals surface area contributed by atoms with Crippen molar-refractivity contribution >= 4 is 75.1 Å². The van der Waals surface area contributed by atoms with Gasteiger partial charge in [0, 0.05) is 27.8 Å². The fourth-order valence-electron chi connectivity index (χ4n) is 4.11. The molecule has 1 saturated heterocycles. The Balaban J connectivity index is 1.37. The number of anilines is 1. The summed E-state index contributed by atoms with van der Waals surface area (Å²) in [5, 5.41) is 0. The second-order valence-corrected chi connectivity index (χ2v) is 15.0. The van der Waals surface area contributed by atoms with Crippen LogP contribution in [0.1, 0.15) is 6.42 Å². The van der Waals surface area contributed by atoms with Crippen LogP contribution in [0.3, 0.4) is 0 Å². The highest BCUT2D eigenvalue weighted by molar-refractivity contribution is 7.92. The van der Waals surface area contributed by atoms with Crippen LogP contribution in [0.2, 0.25) is 4.34 Å². The molecule has 1 N–H and O–H groups in total. The number of sulfonamides is 1.